The molecule has 0 spiro atoms. The van der Waals surface area contributed by atoms with Gasteiger partial charge in [-0.05, 0) is 56.7 Å². The summed E-state index contributed by atoms with van der Waals surface area (Å²) in [6.07, 6.45) is 4.50. The Labute approximate surface area is 176 Å². The van der Waals surface area contributed by atoms with Gasteiger partial charge < -0.3 is 19.4 Å². The molecule has 1 aromatic heterocycles. The van der Waals surface area contributed by atoms with Gasteiger partial charge in [0.05, 0.1) is 0 Å². The average molecular weight is 412 g/mol. The maximum atomic E-state index is 13.5. The Morgan fingerprint density at radius 3 is 2.63 bits per heavy atom. The van der Waals surface area contributed by atoms with Crippen molar-refractivity contribution in [2.75, 3.05) is 25.1 Å². The molecule has 0 radical (unpaired) electrons. The number of aromatic nitrogens is 2. The summed E-state index contributed by atoms with van der Waals surface area (Å²) in [6.45, 7) is 5.37. The molecule has 8 nitrogen and oxygen atoms in total. The summed E-state index contributed by atoms with van der Waals surface area (Å²) in [5.41, 5.74) is 1.99. The highest BCUT2D eigenvalue weighted by Gasteiger charge is 2.34. The van der Waals surface area contributed by atoms with Crippen LogP contribution >= 0.6 is 0 Å². The number of piperidine rings is 1. The van der Waals surface area contributed by atoms with Crippen LogP contribution in [0.1, 0.15) is 78.7 Å². The molecule has 4 rings (SSSR count). The van der Waals surface area contributed by atoms with Crippen LogP contribution in [0.2, 0.25) is 0 Å². The molecule has 0 bridgehead atoms. The van der Waals surface area contributed by atoms with E-state index in [1.807, 2.05) is 11.8 Å². The zero-order chi connectivity index (χ0) is 21.1. The van der Waals surface area contributed by atoms with Crippen LogP contribution < -0.4 is 5.32 Å². The van der Waals surface area contributed by atoms with Crippen LogP contribution in [0.3, 0.4) is 0 Å². The smallest absolute Gasteiger partial charge is 0.254 e. The van der Waals surface area contributed by atoms with E-state index in [0.717, 1.165) is 37.7 Å². The lowest BCUT2D eigenvalue weighted by Gasteiger charge is -2.34. The third-order valence-electron chi connectivity index (χ3n) is 5.95. The Morgan fingerprint density at radius 1 is 1.10 bits per heavy atom. The van der Waals surface area contributed by atoms with Gasteiger partial charge in [-0.25, -0.2) is 0 Å². The normalized spacial score (nSPS) is 20.2. The first kappa shape index (κ1) is 20.5. The molecule has 0 saturated carbocycles. The summed E-state index contributed by atoms with van der Waals surface area (Å²) in [7, 11) is 0. The van der Waals surface area contributed by atoms with Gasteiger partial charge >= 0.3 is 0 Å². The minimum Gasteiger partial charge on any atom is -0.423 e. The SMILES string of the molecule is CC(=O)Nc1cccc(C(=O)N2CCCC[C@@H]2c2nnc(C3CCOCC3)o2)c1C. The minimum absolute atomic E-state index is 0.0739. The lowest BCUT2D eigenvalue weighted by Crippen LogP contribution is -2.39. The molecule has 0 aliphatic carbocycles. The highest BCUT2D eigenvalue weighted by atomic mass is 16.5. The van der Waals surface area contributed by atoms with Crippen molar-refractivity contribution in [1.82, 2.24) is 15.1 Å². The highest BCUT2D eigenvalue weighted by Crippen LogP contribution is 2.34. The van der Waals surface area contributed by atoms with Crippen LogP contribution in [0.5, 0.6) is 0 Å². The van der Waals surface area contributed by atoms with Crippen molar-refractivity contribution in [1.29, 1.82) is 0 Å². The minimum atomic E-state index is -0.226. The fourth-order valence-electron chi connectivity index (χ4n) is 4.27. The Kier molecular flexibility index (Phi) is 6.13. The van der Waals surface area contributed by atoms with Crippen molar-refractivity contribution < 1.29 is 18.7 Å². The van der Waals surface area contributed by atoms with Gasteiger partial charge in [-0.3, -0.25) is 9.59 Å². The fraction of sp³-hybridized carbons (Fsp3) is 0.545. The van der Waals surface area contributed by atoms with Crippen LogP contribution in [0.15, 0.2) is 22.6 Å². The first-order valence-corrected chi connectivity index (χ1v) is 10.6. The summed E-state index contributed by atoms with van der Waals surface area (Å²) in [5, 5.41) is 11.4. The van der Waals surface area contributed by atoms with E-state index in [9.17, 15) is 9.59 Å². The van der Waals surface area contributed by atoms with Crippen LogP contribution in [-0.2, 0) is 9.53 Å². The lowest BCUT2D eigenvalue weighted by molar-refractivity contribution is -0.114. The molecular formula is C22H28N4O4. The molecule has 160 valence electrons. The summed E-state index contributed by atoms with van der Waals surface area (Å²) < 4.78 is 11.5. The maximum Gasteiger partial charge on any atom is 0.254 e. The standard InChI is InChI=1S/C22H28N4O4/c1-14-17(6-5-7-18(14)23-15(2)27)22(28)26-11-4-3-8-19(26)21-25-24-20(30-21)16-9-12-29-13-10-16/h5-7,16,19H,3-4,8-13H2,1-2H3,(H,23,27)/t19-/m1/s1. The summed E-state index contributed by atoms with van der Waals surface area (Å²) in [6, 6.07) is 5.17. The molecule has 2 aliphatic heterocycles. The molecule has 2 amide bonds. The second-order valence-electron chi connectivity index (χ2n) is 8.03. The van der Waals surface area contributed by atoms with E-state index in [2.05, 4.69) is 15.5 Å². The van der Waals surface area contributed by atoms with Crippen molar-refractivity contribution in [2.45, 2.75) is 57.9 Å². The van der Waals surface area contributed by atoms with Gasteiger partial charge in [-0.1, -0.05) is 6.07 Å². The highest BCUT2D eigenvalue weighted by molar-refractivity contribution is 5.99. The van der Waals surface area contributed by atoms with E-state index in [0.29, 0.717) is 42.8 Å². The molecule has 2 saturated heterocycles. The van der Waals surface area contributed by atoms with Gasteiger partial charge in [0, 0.05) is 43.9 Å². The third kappa shape index (κ3) is 4.23. The average Bonchev–Trinajstić information content (AvgIpc) is 3.25. The largest absolute Gasteiger partial charge is 0.423 e. The molecule has 2 fully saturated rings. The summed E-state index contributed by atoms with van der Waals surface area (Å²) in [5.74, 6) is 1.15. The number of hydrogen-bond acceptors (Lipinski definition) is 6. The molecule has 3 heterocycles. The Bertz CT molecular complexity index is 920. The molecule has 1 N–H and O–H groups in total. The van der Waals surface area contributed by atoms with E-state index >= 15 is 0 Å². The first-order chi connectivity index (χ1) is 14.5. The van der Waals surface area contributed by atoms with Gasteiger partial charge in [0.25, 0.3) is 5.91 Å². The quantitative estimate of drug-likeness (QED) is 0.824. The first-order valence-electron chi connectivity index (χ1n) is 10.6. The molecule has 1 aromatic carbocycles. The maximum absolute atomic E-state index is 13.5. The zero-order valence-electron chi connectivity index (χ0n) is 17.5. The van der Waals surface area contributed by atoms with Crippen molar-refractivity contribution in [2.24, 2.45) is 0 Å². The van der Waals surface area contributed by atoms with E-state index in [4.69, 9.17) is 9.15 Å². The number of ether oxygens (including phenoxy) is 1. The number of nitrogens with one attached hydrogen (secondary N) is 1. The van der Waals surface area contributed by atoms with Crippen molar-refractivity contribution >= 4 is 17.5 Å². The second kappa shape index (κ2) is 8.95. The van der Waals surface area contributed by atoms with Gasteiger partial charge in [0.15, 0.2) is 0 Å². The molecular weight excluding hydrogens is 384 g/mol. The van der Waals surface area contributed by atoms with E-state index in [-0.39, 0.29) is 23.8 Å². The molecule has 30 heavy (non-hydrogen) atoms. The summed E-state index contributed by atoms with van der Waals surface area (Å²) >= 11 is 0. The Hall–Kier alpha value is -2.74. The zero-order valence-corrected chi connectivity index (χ0v) is 17.5. The van der Waals surface area contributed by atoms with Gasteiger partial charge in [0.1, 0.15) is 6.04 Å². The van der Waals surface area contributed by atoms with Gasteiger partial charge in [0.2, 0.25) is 17.7 Å². The predicted octanol–water partition coefficient (Wildman–Crippen LogP) is 3.60. The predicted molar refractivity (Wildman–Crippen MR) is 110 cm³/mol. The topological polar surface area (TPSA) is 97.6 Å². The molecule has 1 atom stereocenters. The molecule has 2 aromatic rings. The molecule has 2 aliphatic rings. The van der Waals surface area contributed by atoms with Crippen LogP contribution in [0, 0.1) is 6.92 Å². The van der Waals surface area contributed by atoms with E-state index in [1.165, 1.54) is 6.92 Å². The lowest BCUT2D eigenvalue weighted by atomic mass is 9.98. The summed E-state index contributed by atoms with van der Waals surface area (Å²) in [4.78, 5) is 26.8. The Balaban J connectivity index is 1.58. The number of likely N-dealkylation sites (tertiary alicyclic amines) is 1. The third-order valence-corrected chi connectivity index (χ3v) is 5.95. The van der Waals surface area contributed by atoms with Crippen LogP contribution in [-0.4, -0.2) is 46.7 Å². The van der Waals surface area contributed by atoms with Gasteiger partial charge in [-0.15, -0.1) is 10.2 Å². The van der Waals surface area contributed by atoms with E-state index in [1.54, 1.807) is 18.2 Å². The number of nitrogens with zero attached hydrogens (tertiary/aromatic N) is 3. The number of anilines is 1. The Morgan fingerprint density at radius 2 is 1.87 bits per heavy atom. The monoisotopic (exact) mass is 412 g/mol. The number of amides is 2. The van der Waals surface area contributed by atoms with Gasteiger partial charge in [-0.2, -0.15) is 0 Å². The van der Waals surface area contributed by atoms with Crippen molar-refractivity contribution in [3.8, 4) is 0 Å². The number of carbonyl (C=O) groups excluding carboxylic acids is 2. The van der Waals surface area contributed by atoms with Crippen LogP contribution in [0.25, 0.3) is 0 Å². The number of benzene rings is 1. The van der Waals surface area contributed by atoms with Crippen LogP contribution in [0.4, 0.5) is 5.69 Å². The molecule has 0 unspecified atom stereocenters. The molecule has 8 heteroatoms. The fourth-order valence-corrected chi connectivity index (χ4v) is 4.27. The number of carbonyl (C=O) groups is 2. The van der Waals surface area contributed by atoms with Crippen molar-refractivity contribution in [3.63, 3.8) is 0 Å². The van der Waals surface area contributed by atoms with Crippen molar-refractivity contribution in [3.05, 3.63) is 41.1 Å². The second-order valence-corrected chi connectivity index (χ2v) is 8.03. The number of hydrogen-bond donors (Lipinski definition) is 1. The number of rotatable bonds is 4. The van der Waals surface area contributed by atoms with E-state index < -0.39 is 0 Å².